The Morgan fingerprint density at radius 3 is 2.75 bits per heavy atom. The predicted molar refractivity (Wildman–Crippen MR) is 79.4 cm³/mol. The van der Waals surface area contributed by atoms with Gasteiger partial charge in [0.15, 0.2) is 0 Å². The van der Waals surface area contributed by atoms with Gasteiger partial charge in [0.25, 0.3) is 0 Å². The molecule has 1 heterocycles. The van der Waals surface area contributed by atoms with E-state index >= 15 is 0 Å². The summed E-state index contributed by atoms with van der Waals surface area (Å²) in [6, 6.07) is 2.96. The average Bonchev–Trinajstić information content (AvgIpc) is 2.33. The molecule has 1 aromatic carbocycles. The lowest BCUT2D eigenvalue weighted by Gasteiger charge is -2.34. The van der Waals surface area contributed by atoms with Gasteiger partial charge in [0.2, 0.25) is 10.0 Å². The number of ether oxygens (including phenoxy) is 1. The van der Waals surface area contributed by atoms with Gasteiger partial charge in [-0.1, -0.05) is 11.6 Å². The van der Waals surface area contributed by atoms with E-state index in [-0.39, 0.29) is 4.90 Å². The molecular formula is C13H19ClN2O3S. The summed E-state index contributed by atoms with van der Waals surface area (Å²) in [4.78, 5) is 0.120. The smallest absolute Gasteiger partial charge is 0.241 e. The first-order valence-corrected chi connectivity index (χ1v) is 8.27. The Balaban J connectivity index is 2.36. The van der Waals surface area contributed by atoms with Gasteiger partial charge in [-0.3, -0.25) is 0 Å². The molecule has 1 unspecified atom stereocenters. The van der Waals surface area contributed by atoms with Crippen LogP contribution in [-0.4, -0.2) is 27.2 Å². The third kappa shape index (κ3) is 3.25. The molecule has 1 atom stereocenters. The van der Waals surface area contributed by atoms with Crippen LogP contribution in [0.15, 0.2) is 17.0 Å². The first-order chi connectivity index (χ1) is 9.23. The molecule has 1 fully saturated rings. The Morgan fingerprint density at radius 2 is 2.15 bits per heavy atom. The molecule has 1 saturated heterocycles. The highest BCUT2D eigenvalue weighted by atomic mass is 35.5. The first kappa shape index (κ1) is 15.6. The van der Waals surface area contributed by atoms with Crippen molar-refractivity contribution in [2.75, 3.05) is 18.9 Å². The Kier molecular flexibility index (Phi) is 4.30. The van der Waals surface area contributed by atoms with Gasteiger partial charge in [-0.15, -0.1) is 0 Å². The molecule has 1 aliphatic rings. The number of nitrogens with one attached hydrogen (secondary N) is 1. The zero-order valence-corrected chi connectivity index (χ0v) is 13.1. The van der Waals surface area contributed by atoms with Gasteiger partial charge in [0.1, 0.15) is 0 Å². The Hall–Kier alpha value is -0.820. The van der Waals surface area contributed by atoms with Crippen LogP contribution >= 0.6 is 11.6 Å². The molecule has 0 spiro atoms. The summed E-state index contributed by atoms with van der Waals surface area (Å²) in [7, 11) is -3.69. The lowest BCUT2D eigenvalue weighted by Crippen LogP contribution is -2.51. The number of nitrogens with two attached hydrogens (primary N) is 1. The number of hydrogen-bond acceptors (Lipinski definition) is 4. The van der Waals surface area contributed by atoms with E-state index in [0.29, 0.717) is 29.5 Å². The third-order valence-electron chi connectivity index (χ3n) is 3.47. The van der Waals surface area contributed by atoms with Gasteiger partial charge in [-0.25, -0.2) is 13.1 Å². The van der Waals surface area contributed by atoms with Crippen LogP contribution in [0.5, 0.6) is 0 Å². The highest BCUT2D eigenvalue weighted by molar-refractivity contribution is 7.89. The standard InChI is InChI=1S/C13H19ClN2O3S/c1-9-11(15)6-10(14)7-12(9)20(17,18)16-13(2)4-3-5-19-8-13/h6-7,16H,3-5,8,15H2,1-2H3. The SMILES string of the molecule is Cc1c(N)cc(Cl)cc1S(=O)(=O)NC1(C)CCCOC1. The molecule has 0 radical (unpaired) electrons. The minimum atomic E-state index is -3.69. The van der Waals surface area contributed by atoms with Gasteiger partial charge in [0.05, 0.1) is 17.0 Å². The van der Waals surface area contributed by atoms with Crippen molar-refractivity contribution in [3.05, 3.63) is 22.7 Å². The fourth-order valence-electron chi connectivity index (χ4n) is 2.35. The third-order valence-corrected chi connectivity index (χ3v) is 5.46. The number of sulfonamides is 1. The molecule has 0 aliphatic carbocycles. The van der Waals surface area contributed by atoms with E-state index in [1.54, 1.807) is 13.0 Å². The molecule has 0 bridgehead atoms. The van der Waals surface area contributed by atoms with Crippen LogP contribution in [0.1, 0.15) is 25.3 Å². The molecule has 0 amide bonds. The zero-order valence-electron chi connectivity index (χ0n) is 11.6. The number of rotatable bonds is 3. The first-order valence-electron chi connectivity index (χ1n) is 6.41. The van der Waals surface area contributed by atoms with E-state index in [1.807, 2.05) is 6.92 Å². The van der Waals surface area contributed by atoms with Crippen molar-refractivity contribution in [2.45, 2.75) is 37.1 Å². The van der Waals surface area contributed by atoms with Gasteiger partial charge < -0.3 is 10.5 Å². The molecule has 2 rings (SSSR count). The summed E-state index contributed by atoms with van der Waals surface area (Å²) in [5.74, 6) is 0. The summed E-state index contributed by atoms with van der Waals surface area (Å²) >= 11 is 5.91. The minimum Gasteiger partial charge on any atom is -0.398 e. The van der Waals surface area contributed by atoms with Crippen LogP contribution in [-0.2, 0) is 14.8 Å². The zero-order chi connectivity index (χ0) is 15.0. The van der Waals surface area contributed by atoms with E-state index in [9.17, 15) is 8.42 Å². The normalized spacial score (nSPS) is 23.8. The van der Waals surface area contributed by atoms with Crippen molar-refractivity contribution in [1.29, 1.82) is 0 Å². The van der Waals surface area contributed by atoms with Crippen molar-refractivity contribution in [2.24, 2.45) is 0 Å². The molecule has 1 aliphatic heterocycles. The van der Waals surface area contributed by atoms with Crippen LogP contribution in [0.25, 0.3) is 0 Å². The van der Waals surface area contributed by atoms with Crippen LogP contribution in [0.3, 0.4) is 0 Å². The maximum absolute atomic E-state index is 12.6. The maximum atomic E-state index is 12.6. The summed E-state index contributed by atoms with van der Waals surface area (Å²) in [6.07, 6.45) is 1.57. The molecular weight excluding hydrogens is 300 g/mol. The number of hydrogen-bond donors (Lipinski definition) is 2. The molecule has 0 aromatic heterocycles. The van der Waals surface area contributed by atoms with E-state index in [4.69, 9.17) is 22.1 Å². The molecule has 1 aromatic rings. The number of halogens is 1. The van der Waals surface area contributed by atoms with Crippen molar-refractivity contribution < 1.29 is 13.2 Å². The second-order valence-corrected chi connectivity index (χ2v) is 7.53. The fraction of sp³-hybridized carbons (Fsp3) is 0.538. The van der Waals surface area contributed by atoms with Crippen molar-refractivity contribution >= 4 is 27.3 Å². The quantitative estimate of drug-likeness (QED) is 0.836. The van der Waals surface area contributed by atoms with E-state index < -0.39 is 15.6 Å². The monoisotopic (exact) mass is 318 g/mol. The summed E-state index contributed by atoms with van der Waals surface area (Å²) in [5.41, 5.74) is 6.05. The second-order valence-electron chi connectivity index (χ2n) is 5.44. The van der Waals surface area contributed by atoms with Gasteiger partial charge in [-0.2, -0.15) is 0 Å². The average molecular weight is 319 g/mol. The maximum Gasteiger partial charge on any atom is 0.241 e. The van der Waals surface area contributed by atoms with Crippen molar-refractivity contribution in [3.8, 4) is 0 Å². The van der Waals surface area contributed by atoms with E-state index in [0.717, 1.165) is 12.8 Å². The van der Waals surface area contributed by atoms with Crippen LogP contribution in [0.2, 0.25) is 5.02 Å². The fourth-order valence-corrected chi connectivity index (χ4v) is 4.36. The summed E-state index contributed by atoms with van der Waals surface area (Å²) < 4.78 is 33.2. The number of anilines is 1. The summed E-state index contributed by atoms with van der Waals surface area (Å²) in [6.45, 7) is 4.54. The van der Waals surface area contributed by atoms with Crippen LogP contribution in [0.4, 0.5) is 5.69 Å². The molecule has 5 nitrogen and oxygen atoms in total. The molecule has 112 valence electrons. The molecule has 3 N–H and O–H groups in total. The topological polar surface area (TPSA) is 81.4 Å². The van der Waals surface area contributed by atoms with Gasteiger partial charge in [-0.05, 0) is 44.4 Å². The Labute approximate surface area is 124 Å². The Bertz CT molecular complexity index is 610. The second kappa shape index (κ2) is 5.52. The van der Waals surface area contributed by atoms with Gasteiger partial charge >= 0.3 is 0 Å². The van der Waals surface area contributed by atoms with Crippen LogP contribution in [0, 0.1) is 6.92 Å². The van der Waals surface area contributed by atoms with Gasteiger partial charge in [0, 0.05) is 17.3 Å². The molecule has 20 heavy (non-hydrogen) atoms. The van der Waals surface area contributed by atoms with E-state index in [2.05, 4.69) is 4.72 Å². The summed E-state index contributed by atoms with van der Waals surface area (Å²) in [5, 5.41) is 0.304. The molecule has 0 saturated carbocycles. The largest absolute Gasteiger partial charge is 0.398 e. The predicted octanol–water partition coefficient (Wildman–Crippen LogP) is 2.08. The number of nitrogen functional groups attached to an aromatic ring is 1. The molecule has 7 heteroatoms. The van der Waals surface area contributed by atoms with Crippen molar-refractivity contribution in [1.82, 2.24) is 4.72 Å². The van der Waals surface area contributed by atoms with E-state index in [1.165, 1.54) is 6.07 Å². The van der Waals surface area contributed by atoms with Crippen molar-refractivity contribution in [3.63, 3.8) is 0 Å². The highest BCUT2D eigenvalue weighted by Crippen LogP contribution is 2.28. The lowest BCUT2D eigenvalue weighted by molar-refractivity contribution is 0.0386. The Morgan fingerprint density at radius 1 is 1.45 bits per heavy atom. The minimum absolute atomic E-state index is 0.120. The van der Waals surface area contributed by atoms with Crippen LogP contribution < -0.4 is 10.5 Å². The lowest BCUT2D eigenvalue weighted by atomic mass is 9.97. The number of benzene rings is 1. The highest BCUT2D eigenvalue weighted by Gasteiger charge is 2.33.